The molecule has 0 saturated heterocycles. The van der Waals surface area contributed by atoms with Gasteiger partial charge in [0.25, 0.3) is 5.91 Å². The second-order valence-electron chi connectivity index (χ2n) is 4.81. The molecule has 0 bridgehead atoms. The third-order valence-electron chi connectivity index (χ3n) is 2.91. The van der Waals surface area contributed by atoms with E-state index in [1.807, 2.05) is 34.7 Å². The minimum absolute atomic E-state index is 0.0637. The molecule has 0 aliphatic carbocycles. The molecule has 5 heteroatoms. The van der Waals surface area contributed by atoms with Gasteiger partial charge in [-0.15, -0.1) is 0 Å². The van der Waals surface area contributed by atoms with E-state index in [9.17, 15) is 4.79 Å². The fourth-order valence-electron chi connectivity index (χ4n) is 1.44. The van der Waals surface area contributed by atoms with Crippen molar-refractivity contribution < 1.29 is 4.79 Å². The van der Waals surface area contributed by atoms with Crippen molar-refractivity contribution >= 4 is 21.8 Å². The van der Waals surface area contributed by atoms with Gasteiger partial charge in [0.15, 0.2) is 0 Å². The third-order valence-corrected chi connectivity index (χ3v) is 4.06. The smallest absolute Gasteiger partial charge is 0.255 e. The standard InChI is InChI=1S/C12H20BrN3O/c1-6-10-9(7-16(5)15-10)11(17)14-12(3,4)8(2)13/h7-8H,6H2,1-5H3,(H,14,17). The van der Waals surface area contributed by atoms with Gasteiger partial charge in [-0.05, 0) is 20.3 Å². The lowest BCUT2D eigenvalue weighted by atomic mass is 10.0. The molecule has 96 valence electrons. The van der Waals surface area contributed by atoms with Crippen LogP contribution in [-0.4, -0.2) is 26.1 Å². The Kier molecular flexibility index (Phi) is 4.36. The average Bonchev–Trinajstić information content (AvgIpc) is 2.58. The first kappa shape index (κ1) is 14.2. The minimum atomic E-state index is -0.294. The zero-order valence-corrected chi connectivity index (χ0v) is 12.6. The highest BCUT2D eigenvalue weighted by Crippen LogP contribution is 2.18. The Morgan fingerprint density at radius 2 is 2.24 bits per heavy atom. The van der Waals surface area contributed by atoms with E-state index in [0.29, 0.717) is 5.56 Å². The first-order valence-corrected chi connectivity index (χ1v) is 6.68. The number of carbonyl (C=O) groups is 1. The zero-order valence-electron chi connectivity index (χ0n) is 11.0. The second kappa shape index (κ2) is 5.21. The van der Waals surface area contributed by atoms with Crippen LogP contribution in [0.1, 0.15) is 43.7 Å². The molecular formula is C12H20BrN3O. The number of nitrogens with zero attached hydrogens (tertiary/aromatic N) is 2. The van der Waals surface area contributed by atoms with Crippen LogP contribution in [0.5, 0.6) is 0 Å². The van der Waals surface area contributed by atoms with Crippen molar-refractivity contribution in [2.75, 3.05) is 0 Å². The molecule has 1 amide bonds. The number of halogens is 1. The molecule has 0 aromatic carbocycles. The van der Waals surface area contributed by atoms with Crippen molar-refractivity contribution in [2.45, 2.75) is 44.5 Å². The fourth-order valence-corrected chi connectivity index (χ4v) is 1.56. The SMILES string of the molecule is CCc1nn(C)cc1C(=O)NC(C)(C)C(C)Br. The molecular weight excluding hydrogens is 282 g/mol. The molecule has 0 fully saturated rings. The average molecular weight is 302 g/mol. The van der Waals surface area contributed by atoms with Crippen LogP contribution in [0.3, 0.4) is 0 Å². The highest BCUT2D eigenvalue weighted by Gasteiger charge is 2.27. The van der Waals surface area contributed by atoms with Gasteiger partial charge in [-0.3, -0.25) is 9.48 Å². The van der Waals surface area contributed by atoms with E-state index in [4.69, 9.17) is 0 Å². The van der Waals surface area contributed by atoms with Gasteiger partial charge in [-0.25, -0.2) is 0 Å². The van der Waals surface area contributed by atoms with Crippen LogP contribution >= 0.6 is 15.9 Å². The van der Waals surface area contributed by atoms with Crippen LogP contribution in [-0.2, 0) is 13.5 Å². The maximum absolute atomic E-state index is 12.2. The summed E-state index contributed by atoms with van der Waals surface area (Å²) in [6.45, 7) is 8.00. The van der Waals surface area contributed by atoms with Gasteiger partial charge < -0.3 is 5.32 Å². The number of hydrogen-bond donors (Lipinski definition) is 1. The van der Waals surface area contributed by atoms with E-state index in [1.54, 1.807) is 10.9 Å². The summed E-state index contributed by atoms with van der Waals surface area (Å²) < 4.78 is 1.68. The number of aryl methyl sites for hydroxylation is 2. The normalized spacial score (nSPS) is 13.5. The van der Waals surface area contributed by atoms with E-state index in [-0.39, 0.29) is 16.3 Å². The molecule has 0 radical (unpaired) electrons. The molecule has 17 heavy (non-hydrogen) atoms. The summed E-state index contributed by atoms with van der Waals surface area (Å²) in [5.41, 5.74) is 1.21. The number of aromatic nitrogens is 2. The lowest BCUT2D eigenvalue weighted by Crippen LogP contribution is -2.48. The van der Waals surface area contributed by atoms with Gasteiger partial charge in [0.05, 0.1) is 11.3 Å². The number of nitrogens with one attached hydrogen (secondary N) is 1. The van der Waals surface area contributed by atoms with Crippen molar-refractivity contribution in [3.05, 3.63) is 17.5 Å². The Hall–Kier alpha value is -0.840. The molecule has 1 heterocycles. The lowest BCUT2D eigenvalue weighted by Gasteiger charge is -2.29. The quantitative estimate of drug-likeness (QED) is 0.867. The van der Waals surface area contributed by atoms with E-state index in [1.165, 1.54) is 0 Å². The molecule has 1 N–H and O–H groups in total. The van der Waals surface area contributed by atoms with Crippen LogP contribution in [0.25, 0.3) is 0 Å². The summed E-state index contributed by atoms with van der Waals surface area (Å²) in [7, 11) is 1.83. The Morgan fingerprint density at radius 1 is 1.65 bits per heavy atom. The van der Waals surface area contributed by atoms with Gasteiger partial charge in [0.2, 0.25) is 0 Å². The van der Waals surface area contributed by atoms with Gasteiger partial charge in [0.1, 0.15) is 0 Å². The molecule has 0 spiro atoms. The largest absolute Gasteiger partial charge is 0.346 e. The molecule has 1 atom stereocenters. The Labute approximate surface area is 111 Å². The summed E-state index contributed by atoms with van der Waals surface area (Å²) in [5, 5.41) is 7.29. The van der Waals surface area contributed by atoms with Crippen LogP contribution in [0.2, 0.25) is 0 Å². The number of carbonyl (C=O) groups excluding carboxylic acids is 1. The molecule has 1 unspecified atom stereocenters. The molecule has 1 aromatic rings. The van der Waals surface area contributed by atoms with Crippen LogP contribution in [0.4, 0.5) is 0 Å². The van der Waals surface area contributed by atoms with E-state index in [0.717, 1.165) is 12.1 Å². The molecule has 0 saturated carbocycles. The van der Waals surface area contributed by atoms with E-state index in [2.05, 4.69) is 26.3 Å². The van der Waals surface area contributed by atoms with E-state index < -0.39 is 0 Å². The topological polar surface area (TPSA) is 46.9 Å². The van der Waals surface area contributed by atoms with Crippen molar-refractivity contribution in [3.63, 3.8) is 0 Å². The highest BCUT2D eigenvalue weighted by molar-refractivity contribution is 9.09. The summed E-state index contributed by atoms with van der Waals surface area (Å²) in [6.07, 6.45) is 2.52. The fraction of sp³-hybridized carbons (Fsp3) is 0.667. The van der Waals surface area contributed by atoms with Gasteiger partial charge in [0, 0.05) is 23.6 Å². The summed E-state index contributed by atoms with van der Waals surface area (Å²) >= 11 is 3.50. The van der Waals surface area contributed by atoms with Gasteiger partial charge >= 0.3 is 0 Å². The van der Waals surface area contributed by atoms with E-state index >= 15 is 0 Å². The number of amides is 1. The van der Waals surface area contributed by atoms with Crippen molar-refractivity contribution in [3.8, 4) is 0 Å². The summed E-state index contributed by atoms with van der Waals surface area (Å²) in [4.78, 5) is 12.4. The minimum Gasteiger partial charge on any atom is -0.346 e. The predicted molar refractivity (Wildman–Crippen MR) is 72.5 cm³/mol. The maximum atomic E-state index is 12.2. The number of rotatable bonds is 4. The van der Waals surface area contributed by atoms with Crippen LogP contribution < -0.4 is 5.32 Å². The van der Waals surface area contributed by atoms with Gasteiger partial charge in [-0.1, -0.05) is 29.8 Å². The third kappa shape index (κ3) is 3.31. The Morgan fingerprint density at radius 3 is 2.71 bits per heavy atom. The van der Waals surface area contributed by atoms with Crippen molar-refractivity contribution in [2.24, 2.45) is 7.05 Å². The molecule has 0 aliphatic heterocycles. The Balaban J connectivity index is 2.90. The van der Waals surface area contributed by atoms with Crippen LogP contribution in [0, 0.1) is 0 Å². The second-order valence-corrected chi connectivity index (χ2v) is 6.18. The number of alkyl halides is 1. The van der Waals surface area contributed by atoms with Crippen molar-refractivity contribution in [1.29, 1.82) is 0 Å². The first-order valence-electron chi connectivity index (χ1n) is 5.77. The summed E-state index contributed by atoms with van der Waals surface area (Å²) in [5.74, 6) is -0.0637. The summed E-state index contributed by atoms with van der Waals surface area (Å²) in [6, 6.07) is 0. The molecule has 0 aliphatic rings. The Bertz CT molecular complexity index is 410. The molecule has 1 aromatic heterocycles. The predicted octanol–water partition coefficient (Wildman–Crippen LogP) is 2.27. The molecule has 4 nitrogen and oxygen atoms in total. The molecule has 1 rings (SSSR count). The maximum Gasteiger partial charge on any atom is 0.255 e. The number of hydrogen-bond acceptors (Lipinski definition) is 2. The van der Waals surface area contributed by atoms with Crippen LogP contribution in [0.15, 0.2) is 6.20 Å². The monoisotopic (exact) mass is 301 g/mol. The van der Waals surface area contributed by atoms with Gasteiger partial charge in [-0.2, -0.15) is 5.10 Å². The van der Waals surface area contributed by atoms with Crippen molar-refractivity contribution in [1.82, 2.24) is 15.1 Å². The highest BCUT2D eigenvalue weighted by atomic mass is 79.9. The first-order chi connectivity index (χ1) is 7.77. The zero-order chi connectivity index (χ0) is 13.2. The lowest BCUT2D eigenvalue weighted by molar-refractivity contribution is 0.0913.